The lowest BCUT2D eigenvalue weighted by molar-refractivity contribution is -0.119. The fraction of sp³-hybridized carbons (Fsp3) is 0.524. The number of nitrogens with zero attached hydrogens (tertiary/aromatic N) is 2. The Hall–Kier alpha value is -2.35. The topological polar surface area (TPSA) is 93.1 Å². The average Bonchev–Trinajstić information content (AvgIpc) is 3.17. The lowest BCUT2D eigenvalue weighted by atomic mass is 10.2. The van der Waals surface area contributed by atoms with Gasteiger partial charge in [0.25, 0.3) is 5.56 Å². The van der Waals surface area contributed by atoms with Gasteiger partial charge in [-0.05, 0) is 37.8 Å². The van der Waals surface area contributed by atoms with E-state index in [-0.39, 0.29) is 17.5 Å². The molecule has 0 radical (unpaired) electrons. The van der Waals surface area contributed by atoms with E-state index in [0.29, 0.717) is 22.6 Å². The zero-order valence-electron chi connectivity index (χ0n) is 17.1. The number of fused-ring (bicyclic) bond motifs is 1. The second kappa shape index (κ2) is 9.43. The van der Waals surface area contributed by atoms with Gasteiger partial charge in [0.1, 0.15) is 0 Å². The summed E-state index contributed by atoms with van der Waals surface area (Å²) in [7, 11) is 0. The number of imide groups is 1. The van der Waals surface area contributed by atoms with Crippen LogP contribution < -0.4 is 16.2 Å². The van der Waals surface area contributed by atoms with Crippen molar-refractivity contribution in [3.05, 3.63) is 34.6 Å². The van der Waals surface area contributed by atoms with Crippen LogP contribution in [0.3, 0.4) is 0 Å². The molecule has 1 aromatic heterocycles. The molecule has 0 saturated heterocycles. The van der Waals surface area contributed by atoms with E-state index in [2.05, 4.69) is 15.6 Å². The largest absolute Gasteiger partial charge is 0.335 e. The Kier molecular flexibility index (Phi) is 6.95. The van der Waals surface area contributed by atoms with Gasteiger partial charge in [-0.1, -0.05) is 50.6 Å². The molecule has 29 heavy (non-hydrogen) atoms. The van der Waals surface area contributed by atoms with Crippen LogP contribution in [0.15, 0.2) is 34.2 Å². The van der Waals surface area contributed by atoms with Gasteiger partial charge >= 0.3 is 6.03 Å². The van der Waals surface area contributed by atoms with E-state index < -0.39 is 17.2 Å². The molecule has 1 atom stereocenters. The molecule has 1 heterocycles. The van der Waals surface area contributed by atoms with E-state index in [1.54, 1.807) is 23.6 Å². The maximum atomic E-state index is 13.0. The number of hydrogen-bond acceptors (Lipinski definition) is 5. The number of carbonyl (C=O) groups excluding carboxylic acids is 2. The molecule has 1 aliphatic carbocycles. The molecular formula is C21H28N4O3S. The highest BCUT2D eigenvalue weighted by Crippen LogP contribution is 2.23. The number of amides is 3. The minimum absolute atomic E-state index is 0.113. The minimum atomic E-state index is -0.573. The van der Waals surface area contributed by atoms with Gasteiger partial charge in [0.15, 0.2) is 5.16 Å². The summed E-state index contributed by atoms with van der Waals surface area (Å²) in [5.74, 6) is -0.152. The lowest BCUT2D eigenvalue weighted by Crippen LogP contribution is -2.46. The van der Waals surface area contributed by atoms with Crippen molar-refractivity contribution in [2.45, 2.75) is 69.4 Å². The second-order valence-electron chi connectivity index (χ2n) is 7.93. The van der Waals surface area contributed by atoms with Gasteiger partial charge in [-0.2, -0.15) is 0 Å². The maximum Gasteiger partial charge on any atom is 0.321 e. The molecular weight excluding hydrogens is 388 g/mol. The lowest BCUT2D eigenvalue weighted by Gasteiger charge is -2.18. The first-order chi connectivity index (χ1) is 13.8. The van der Waals surface area contributed by atoms with Crippen molar-refractivity contribution in [2.24, 2.45) is 5.92 Å². The summed E-state index contributed by atoms with van der Waals surface area (Å²) in [6, 6.07) is 6.89. The Bertz CT molecular complexity index is 951. The summed E-state index contributed by atoms with van der Waals surface area (Å²) < 4.78 is 1.63. The van der Waals surface area contributed by atoms with Gasteiger partial charge in [0, 0.05) is 12.6 Å². The van der Waals surface area contributed by atoms with Gasteiger partial charge in [-0.3, -0.25) is 19.5 Å². The predicted octanol–water partition coefficient (Wildman–Crippen LogP) is 3.30. The monoisotopic (exact) mass is 416 g/mol. The Morgan fingerprint density at radius 2 is 1.90 bits per heavy atom. The fourth-order valence-electron chi connectivity index (χ4n) is 3.48. The molecule has 156 valence electrons. The molecule has 3 rings (SSSR count). The first kappa shape index (κ1) is 21.4. The predicted molar refractivity (Wildman–Crippen MR) is 115 cm³/mol. The van der Waals surface area contributed by atoms with Crippen molar-refractivity contribution in [3.8, 4) is 0 Å². The van der Waals surface area contributed by atoms with Gasteiger partial charge in [-0.25, -0.2) is 9.78 Å². The molecule has 1 aliphatic rings. The van der Waals surface area contributed by atoms with E-state index in [1.807, 2.05) is 26.0 Å². The van der Waals surface area contributed by atoms with Crippen molar-refractivity contribution >= 4 is 34.6 Å². The van der Waals surface area contributed by atoms with Crippen LogP contribution in [-0.4, -0.2) is 32.8 Å². The molecule has 7 nitrogen and oxygen atoms in total. The van der Waals surface area contributed by atoms with Crippen LogP contribution in [0.25, 0.3) is 10.9 Å². The summed E-state index contributed by atoms with van der Waals surface area (Å²) in [6.45, 7) is 6.28. The highest BCUT2D eigenvalue weighted by molar-refractivity contribution is 8.00. The Labute approximate surface area is 174 Å². The van der Waals surface area contributed by atoms with Gasteiger partial charge in [0.2, 0.25) is 5.91 Å². The Morgan fingerprint density at radius 1 is 1.21 bits per heavy atom. The summed E-state index contributed by atoms with van der Waals surface area (Å²) in [6.07, 6.45) is 4.11. The smallest absolute Gasteiger partial charge is 0.321 e. The molecule has 1 aromatic carbocycles. The van der Waals surface area contributed by atoms with Crippen LogP contribution in [0.5, 0.6) is 0 Å². The highest BCUT2D eigenvalue weighted by atomic mass is 32.2. The van der Waals surface area contributed by atoms with Crippen LogP contribution in [0.4, 0.5) is 4.79 Å². The summed E-state index contributed by atoms with van der Waals surface area (Å²) >= 11 is 1.19. The zero-order valence-corrected chi connectivity index (χ0v) is 17.9. The molecule has 3 amide bonds. The van der Waals surface area contributed by atoms with E-state index in [1.165, 1.54) is 11.8 Å². The second-order valence-corrected chi connectivity index (χ2v) is 9.23. The first-order valence-electron chi connectivity index (χ1n) is 10.1. The number of thioether (sulfide) groups is 1. The molecule has 0 aliphatic heterocycles. The van der Waals surface area contributed by atoms with Gasteiger partial charge in [-0.15, -0.1) is 0 Å². The third kappa shape index (κ3) is 5.38. The van der Waals surface area contributed by atoms with Gasteiger partial charge < -0.3 is 5.32 Å². The number of hydrogen-bond donors (Lipinski definition) is 2. The molecule has 0 bridgehead atoms. The number of nitrogens with one attached hydrogen (secondary N) is 2. The van der Waals surface area contributed by atoms with Crippen LogP contribution >= 0.6 is 11.8 Å². The molecule has 2 aromatic rings. The SMILES string of the molecule is CC(C)Cn1c(S[C@@H](C)C(=O)NC(=O)NC2CCCC2)nc2ccccc2c1=O. The normalized spacial score (nSPS) is 15.6. The van der Waals surface area contributed by atoms with E-state index >= 15 is 0 Å². The number of carbonyl (C=O) groups is 2. The summed E-state index contributed by atoms with van der Waals surface area (Å²) in [5.41, 5.74) is 0.491. The van der Waals surface area contributed by atoms with Crippen LogP contribution in [0.1, 0.15) is 46.5 Å². The quantitative estimate of drug-likeness (QED) is 0.557. The summed E-state index contributed by atoms with van der Waals surface area (Å²) in [5, 5.41) is 5.74. The molecule has 8 heteroatoms. The molecule has 0 spiro atoms. The van der Waals surface area contributed by atoms with Crippen LogP contribution in [0, 0.1) is 5.92 Å². The first-order valence-corrected chi connectivity index (χ1v) is 11.0. The minimum Gasteiger partial charge on any atom is -0.335 e. The van der Waals surface area contributed by atoms with Crippen LogP contribution in [0.2, 0.25) is 0 Å². The summed E-state index contributed by atoms with van der Waals surface area (Å²) in [4.78, 5) is 42.2. The van der Waals surface area contributed by atoms with Gasteiger partial charge in [0.05, 0.1) is 16.2 Å². The number of urea groups is 1. The number of rotatable bonds is 6. The van der Waals surface area contributed by atoms with E-state index in [4.69, 9.17) is 0 Å². The van der Waals surface area contributed by atoms with Crippen molar-refractivity contribution in [1.82, 2.24) is 20.2 Å². The number of aromatic nitrogens is 2. The van der Waals surface area contributed by atoms with Crippen molar-refractivity contribution < 1.29 is 9.59 Å². The number of para-hydroxylation sites is 1. The van der Waals surface area contributed by atoms with Crippen molar-refractivity contribution in [2.75, 3.05) is 0 Å². The standard InChI is InChI=1S/C21H28N4O3S/c1-13(2)12-25-19(27)16-10-6-7-11-17(16)23-21(25)29-14(3)18(26)24-20(28)22-15-8-4-5-9-15/h6-7,10-11,13-15H,4-5,8-9,12H2,1-3H3,(H2,22,24,26,28)/t14-/m0/s1. The van der Waals surface area contributed by atoms with Crippen molar-refractivity contribution in [1.29, 1.82) is 0 Å². The Balaban J connectivity index is 1.76. The van der Waals surface area contributed by atoms with E-state index in [9.17, 15) is 14.4 Å². The molecule has 2 N–H and O–H groups in total. The molecule has 1 saturated carbocycles. The maximum absolute atomic E-state index is 13.0. The third-order valence-corrected chi connectivity index (χ3v) is 6.04. The van der Waals surface area contributed by atoms with E-state index in [0.717, 1.165) is 25.7 Å². The number of benzene rings is 1. The molecule has 1 fully saturated rings. The Morgan fingerprint density at radius 3 is 2.59 bits per heavy atom. The molecule has 0 unspecified atom stereocenters. The third-order valence-electron chi connectivity index (χ3n) is 4.95. The zero-order chi connectivity index (χ0) is 21.0. The highest BCUT2D eigenvalue weighted by Gasteiger charge is 2.23. The average molecular weight is 417 g/mol. The van der Waals surface area contributed by atoms with Crippen molar-refractivity contribution in [3.63, 3.8) is 0 Å². The fourth-order valence-corrected chi connectivity index (χ4v) is 4.40. The van der Waals surface area contributed by atoms with Crippen LogP contribution in [-0.2, 0) is 11.3 Å².